The number of aromatic nitrogens is 1. The van der Waals surface area contributed by atoms with Crippen molar-refractivity contribution < 1.29 is 0 Å². The predicted octanol–water partition coefficient (Wildman–Crippen LogP) is 3.93. The molecule has 3 heteroatoms. The summed E-state index contributed by atoms with van der Waals surface area (Å²) in [6, 6.07) is 14.7. The largest absolute Gasteiger partial charge is 0.370 e. The first-order valence-corrected chi connectivity index (χ1v) is 7.32. The second kappa shape index (κ2) is 7.53. The molecule has 0 saturated carbocycles. The van der Waals surface area contributed by atoms with Crippen molar-refractivity contribution in [1.82, 2.24) is 4.98 Å². The van der Waals surface area contributed by atoms with Gasteiger partial charge in [-0.25, -0.2) is 4.98 Å². The third-order valence-electron chi connectivity index (χ3n) is 3.26. The molecule has 0 fully saturated rings. The van der Waals surface area contributed by atoms with Gasteiger partial charge in [-0.3, -0.25) is 0 Å². The lowest BCUT2D eigenvalue weighted by molar-refractivity contribution is 0.828. The van der Waals surface area contributed by atoms with Crippen molar-refractivity contribution in [2.24, 2.45) is 0 Å². The third kappa shape index (κ3) is 3.98. The summed E-state index contributed by atoms with van der Waals surface area (Å²) in [5, 5.41) is 3.30. The van der Waals surface area contributed by atoms with Crippen LogP contribution >= 0.6 is 0 Å². The van der Waals surface area contributed by atoms with E-state index in [4.69, 9.17) is 0 Å². The second-order valence-corrected chi connectivity index (χ2v) is 4.83. The Hall–Kier alpha value is -2.03. The number of nitrogens with one attached hydrogen (secondary N) is 1. The van der Waals surface area contributed by atoms with E-state index in [1.54, 1.807) is 0 Å². The Balaban J connectivity index is 2.01. The predicted molar refractivity (Wildman–Crippen MR) is 86.2 cm³/mol. The van der Waals surface area contributed by atoms with E-state index >= 15 is 0 Å². The van der Waals surface area contributed by atoms with Gasteiger partial charge in [-0.05, 0) is 37.1 Å². The summed E-state index contributed by atoms with van der Waals surface area (Å²) < 4.78 is 0. The number of benzene rings is 1. The fourth-order valence-electron chi connectivity index (χ4n) is 2.12. The smallest absolute Gasteiger partial charge is 0.125 e. The molecule has 0 radical (unpaired) electrons. The standard InChI is InChI=1S/C17H23N3/c1-3-12-18-17-11-10-15(13-19-17)14-20(4-2)16-8-6-5-7-9-16/h5-11,13H,3-4,12,14H2,1-2H3,(H,18,19). The molecule has 0 amide bonds. The van der Waals surface area contributed by atoms with Gasteiger partial charge in [0.2, 0.25) is 0 Å². The summed E-state index contributed by atoms with van der Waals surface area (Å²) in [7, 11) is 0. The van der Waals surface area contributed by atoms with Crippen LogP contribution in [0.25, 0.3) is 0 Å². The van der Waals surface area contributed by atoms with Crippen molar-refractivity contribution in [1.29, 1.82) is 0 Å². The molecule has 1 N–H and O–H groups in total. The Morgan fingerprint density at radius 1 is 1.05 bits per heavy atom. The molecule has 0 spiro atoms. The highest BCUT2D eigenvalue weighted by Gasteiger charge is 2.05. The van der Waals surface area contributed by atoms with Crippen molar-refractivity contribution in [2.75, 3.05) is 23.3 Å². The number of anilines is 2. The zero-order valence-corrected chi connectivity index (χ0v) is 12.3. The maximum atomic E-state index is 4.46. The zero-order chi connectivity index (χ0) is 14.2. The maximum absolute atomic E-state index is 4.46. The van der Waals surface area contributed by atoms with Crippen LogP contribution in [0, 0.1) is 0 Å². The summed E-state index contributed by atoms with van der Waals surface area (Å²) in [5.74, 6) is 0.957. The van der Waals surface area contributed by atoms with Gasteiger partial charge < -0.3 is 10.2 Å². The molecule has 106 valence electrons. The van der Waals surface area contributed by atoms with Gasteiger partial charge in [0, 0.05) is 31.5 Å². The average molecular weight is 269 g/mol. The van der Waals surface area contributed by atoms with Crippen LogP contribution in [-0.2, 0) is 6.54 Å². The van der Waals surface area contributed by atoms with E-state index in [9.17, 15) is 0 Å². The Kier molecular flexibility index (Phi) is 5.42. The maximum Gasteiger partial charge on any atom is 0.125 e. The summed E-state index contributed by atoms with van der Waals surface area (Å²) in [5.41, 5.74) is 2.49. The fourth-order valence-corrected chi connectivity index (χ4v) is 2.12. The van der Waals surface area contributed by atoms with Gasteiger partial charge in [0.15, 0.2) is 0 Å². The van der Waals surface area contributed by atoms with Gasteiger partial charge in [-0.1, -0.05) is 31.2 Å². The zero-order valence-electron chi connectivity index (χ0n) is 12.3. The number of pyridine rings is 1. The van der Waals surface area contributed by atoms with Gasteiger partial charge in [0.05, 0.1) is 0 Å². The topological polar surface area (TPSA) is 28.2 Å². The van der Waals surface area contributed by atoms with Crippen LogP contribution in [0.4, 0.5) is 11.5 Å². The van der Waals surface area contributed by atoms with E-state index in [0.29, 0.717) is 0 Å². The van der Waals surface area contributed by atoms with Gasteiger partial charge >= 0.3 is 0 Å². The number of nitrogens with zero attached hydrogens (tertiary/aromatic N) is 2. The molecular formula is C17H23N3. The number of hydrogen-bond acceptors (Lipinski definition) is 3. The van der Waals surface area contributed by atoms with Crippen LogP contribution in [0.2, 0.25) is 0 Å². The molecule has 2 aromatic rings. The van der Waals surface area contributed by atoms with Gasteiger partial charge in [0.1, 0.15) is 5.82 Å². The van der Waals surface area contributed by atoms with E-state index in [2.05, 4.69) is 65.4 Å². The molecule has 20 heavy (non-hydrogen) atoms. The second-order valence-electron chi connectivity index (χ2n) is 4.83. The van der Waals surface area contributed by atoms with Crippen LogP contribution in [0.1, 0.15) is 25.8 Å². The number of para-hydroxylation sites is 1. The molecule has 3 nitrogen and oxygen atoms in total. The molecule has 1 aromatic carbocycles. The number of hydrogen-bond donors (Lipinski definition) is 1. The minimum absolute atomic E-state index is 0.890. The normalized spacial score (nSPS) is 10.3. The first kappa shape index (κ1) is 14.4. The third-order valence-corrected chi connectivity index (χ3v) is 3.26. The molecule has 0 atom stereocenters. The van der Waals surface area contributed by atoms with Gasteiger partial charge in [-0.15, -0.1) is 0 Å². The van der Waals surface area contributed by atoms with Crippen LogP contribution in [0.15, 0.2) is 48.7 Å². The van der Waals surface area contributed by atoms with Crippen molar-refractivity contribution >= 4 is 11.5 Å². The molecule has 1 heterocycles. The number of rotatable bonds is 7. The highest BCUT2D eigenvalue weighted by molar-refractivity contribution is 5.46. The van der Waals surface area contributed by atoms with E-state index in [1.807, 2.05) is 12.3 Å². The molecule has 2 rings (SSSR count). The minimum Gasteiger partial charge on any atom is -0.370 e. The Morgan fingerprint density at radius 3 is 2.45 bits per heavy atom. The molecule has 0 saturated heterocycles. The van der Waals surface area contributed by atoms with E-state index in [0.717, 1.165) is 31.9 Å². The highest BCUT2D eigenvalue weighted by Crippen LogP contribution is 2.16. The lowest BCUT2D eigenvalue weighted by Gasteiger charge is -2.23. The van der Waals surface area contributed by atoms with Gasteiger partial charge in [0.25, 0.3) is 0 Å². The molecule has 0 aliphatic carbocycles. The molecular weight excluding hydrogens is 246 g/mol. The van der Waals surface area contributed by atoms with Crippen LogP contribution in [0.5, 0.6) is 0 Å². The lowest BCUT2D eigenvalue weighted by atomic mass is 10.2. The minimum atomic E-state index is 0.890. The van der Waals surface area contributed by atoms with Crippen LogP contribution < -0.4 is 10.2 Å². The van der Waals surface area contributed by atoms with Crippen molar-refractivity contribution in [3.63, 3.8) is 0 Å². The first-order chi connectivity index (χ1) is 9.83. The van der Waals surface area contributed by atoms with Crippen LogP contribution in [0.3, 0.4) is 0 Å². The van der Waals surface area contributed by atoms with E-state index < -0.39 is 0 Å². The van der Waals surface area contributed by atoms with Crippen LogP contribution in [-0.4, -0.2) is 18.1 Å². The summed E-state index contributed by atoms with van der Waals surface area (Å²) in [6.07, 6.45) is 3.07. The van der Waals surface area contributed by atoms with E-state index in [-0.39, 0.29) is 0 Å². The summed E-state index contributed by atoms with van der Waals surface area (Å²) in [4.78, 5) is 6.80. The molecule has 0 bridgehead atoms. The Morgan fingerprint density at radius 2 is 1.85 bits per heavy atom. The van der Waals surface area contributed by atoms with Crippen molar-refractivity contribution in [3.8, 4) is 0 Å². The lowest BCUT2D eigenvalue weighted by Crippen LogP contribution is -2.21. The summed E-state index contributed by atoms with van der Waals surface area (Å²) >= 11 is 0. The van der Waals surface area contributed by atoms with Crippen molar-refractivity contribution in [2.45, 2.75) is 26.8 Å². The Labute approximate surface area is 121 Å². The molecule has 0 unspecified atom stereocenters. The summed E-state index contributed by atoms with van der Waals surface area (Å²) in [6.45, 7) is 7.18. The quantitative estimate of drug-likeness (QED) is 0.825. The monoisotopic (exact) mass is 269 g/mol. The molecule has 1 aromatic heterocycles. The van der Waals surface area contributed by atoms with Gasteiger partial charge in [-0.2, -0.15) is 0 Å². The average Bonchev–Trinajstić information content (AvgIpc) is 2.52. The first-order valence-electron chi connectivity index (χ1n) is 7.32. The SMILES string of the molecule is CCCNc1ccc(CN(CC)c2ccccc2)cn1. The molecule has 0 aliphatic rings. The fraction of sp³-hybridized carbons (Fsp3) is 0.353. The van der Waals surface area contributed by atoms with E-state index in [1.165, 1.54) is 11.3 Å². The Bertz CT molecular complexity index is 493. The molecule has 0 aliphatic heterocycles. The van der Waals surface area contributed by atoms with Crippen molar-refractivity contribution in [3.05, 3.63) is 54.2 Å². The highest BCUT2D eigenvalue weighted by atomic mass is 15.1.